The number of esters is 2. The largest absolute Gasteiger partial charge is 0.466 e. The van der Waals surface area contributed by atoms with E-state index in [9.17, 15) is 18.0 Å². The van der Waals surface area contributed by atoms with Crippen molar-refractivity contribution in [2.24, 2.45) is 0 Å². The number of hydrogen-bond acceptors (Lipinski definition) is 7. The number of ether oxygens (including phenoxy) is 2. The van der Waals surface area contributed by atoms with Gasteiger partial charge >= 0.3 is 22.3 Å². The molecule has 0 aliphatic carbocycles. The molecule has 0 rings (SSSR count). The van der Waals surface area contributed by atoms with Crippen LogP contribution < -0.4 is 0 Å². The van der Waals surface area contributed by atoms with Crippen molar-refractivity contribution in [3.05, 3.63) is 0 Å². The number of hydrogen-bond donors (Lipinski definition) is 1. The molecule has 1 unspecified atom stereocenters. The van der Waals surface area contributed by atoms with Gasteiger partial charge in [-0.15, -0.1) is 0 Å². The predicted octanol–water partition coefficient (Wildman–Crippen LogP) is 9.05. The SMILES string of the molecule is CCCCCCCCCCCCCCOC(=O)CC(OS(=O)(=O)O)C(=O)OCCCCCCCCCCCCCC. The van der Waals surface area contributed by atoms with Gasteiger partial charge in [-0.3, -0.25) is 9.35 Å². The number of carbonyl (C=O) groups excluding carboxylic acids is 2. The molecule has 0 aromatic rings. The first-order valence-electron chi connectivity index (χ1n) is 16.8. The van der Waals surface area contributed by atoms with Gasteiger partial charge in [0.15, 0.2) is 6.10 Å². The highest BCUT2D eigenvalue weighted by molar-refractivity contribution is 7.80. The summed E-state index contributed by atoms with van der Waals surface area (Å²) in [5.41, 5.74) is 0. The van der Waals surface area contributed by atoms with E-state index in [1.165, 1.54) is 103 Å². The van der Waals surface area contributed by atoms with Crippen molar-refractivity contribution < 1.29 is 36.2 Å². The summed E-state index contributed by atoms with van der Waals surface area (Å²) in [6.07, 6.45) is 26.0. The minimum Gasteiger partial charge on any atom is -0.466 e. The monoisotopic (exact) mass is 606 g/mol. The van der Waals surface area contributed by atoms with E-state index in [1.54, 1.807) is 0 Å². The van der Waals surface area contributed by atoms with E-state index in [1.807, 2.05) is 0 Å². The summed E-state index contributed by atoms with van der Waals surface area (Å²) in [6, 6.07) is 0. The van der Waals surface area contributed by atoms with Crippen molar-refractivity contribution >= 4 is 22.3 Å². The molecule has 41 heavy (non-hydrogen) atoms. The highest BCUT2D eigenvalue weighted by Crippen LogP contribution is 2.14. The lowest BCUT2D eigenvalue weighted by Crippen LogP contribution is -2.32. The molecular weight excluding hydrogens is 544 g/mol. The Bertz CT molecular complexity index is 710. The van der Waals surface area contributed by atoms with Crippen LogP contribution in [0.2, 0.25) is 0 Å². The molecule has 8 nitrogen and oxygen atoms in total. The third-order valence-electron chi connectivity index (χ3n) is 7.36. The Morgan fingerprint density at radius 2 is 0.854 bits per heavy atom. The van der Waals surface area contributed by atoms with Gasteiger partial charge in [0.1, 0.15) is 0 Å². The predicted molar refractivity (Wildman–Crippen MR) is 165 cm³/mol. The Morgan fingerprint density at radius 1 is 0.537 bits per heavy atom. The third kappa shape index (κ3) is 30.1. The molecule has 0 aliphatic heterocycles. The Balaban J connectivity index is 3.92. The third-order valence-corrected chi connectivity index (χ3v) is 7.83. The molecule has 244 valence electrons. The second kappa shape index (κ2) is 28.9. The molecule has 9 heteroatoms. The average molecular weight is 607 g/mol. The lowest BCUT2D eigenvalue weighted by atomic mass is 10.1. The van der Waals surface area contributed by atoms with Gasteiger partial charge in [-0.2, -0.15) is 8.42 Å². The van der Waals surface area contributed by atoms with Crippen LogP contribution in [0.5, 0.6) is 0 Å². The molecule has 0 spiro atoms. The Hall–Kier alpha value is -1.19. The molecule has 0 aliphatic rings. The summed E-state index contributed by atoms with van der Waals surface area (Å²) < 4.78 is 46.0. The molecule has 0 fully saturated rings. The van der Waals surface area contributed by atoms with E-state index in [-0.39, 0.29) is 13.2 Å². The normalized spacial score (nSPS) is 12.4. The molecule has 0 aromatic heterocycles. The molecule has 0 heterocycles. The van der Waals surface area contributed by atoms with E-state index >= 15 is 0 Å². The second-order valence-electron chi connectivity index (χ2n) is 11.4. The average Bonchev–Trinajstić information content (AvgIpc) is 2.92. The molecule has 0 radical (unpaired) electrons. The van der Waals surface area contributed by atoms with Gasteiger partial charge in [-0.05, 0) is 12.8 Å². The molecule has 1 N–H and O–H groups in total. The fourth-order valence-corrected chi connectivity index (χ4v) is 5.29. The van der Waals surface area contributed by atoms with Crippen molar-refractivity contribution in [1.82, 2.24) is 0 Å². The maximum absolute atomic E-state index is 12.3. The zero-order valence-corrected chi connectivity index (χ0v) is 27.2. The van der Waals surface area contributed by atoms with Gasteiger partial charge in [-0.25, -0.2) is 8.98 Å². The minimum atomic E-state index is -4.93. The molecule has 0 saturated carbocycles. The number of rotatable bonds is 31. The maximum Gasteiger partial charge on any atom is 0.398 e. The zero-order valence-electron chi connectivity index (χ0n) is 26.4. The summed E-state index contributed by atoms with van der Waals surface area (Å²) >= 11 is 0. The number of carbonyl (C=O) groups is 2. The van der Waals surface area contributed by atoms with Gasteiger partial charge in [0.2, 0.25) is 0 Å². The molecule has 1 atom stereocenters. The van der Waals surface area contributed by atoms with Crippen molar-refractivity contribution in [3.63, 3.8) is 0 Å². The van der Waals surface area contributed by atoms with Crippen LogP contribution in [0, 0.1) is 0 Å². The van der Waals surface area contributed by atoms with Crippen LogP contribution in [0.3, 0.4) is 0 Å². The molecule has 0 aromatic carbocycles. The van der Waals surface area contributed by atoms with Crippen molar-refractivity contribution in [2.75, 3.05) is 13.2 Å². The van der Waals surface area contributed by atoms with Crippen LogP contribution in [0.15, 0.2) is 0 Å². The highest BCUT2D eigenvalue weighted by Gasteiger charge is 2.30. The fraction of sp³-hybridized carbons (Fsp3) is 0.938. The summed E-state index contributed by atoms with van der Waals surface area (Å²) in [5.74, 6) is -1.75. The van der Waals surface area contributed by atoms with Crippen molar-refractivity contribution in [2.45, 2.75) is 180 Å². The van der Waals surface area contributed by atoms with E-state index in [4.69, 9.17) is 14.0 Å². The van der Waals surface area contributed by atoms with Gasteiger partial charge in [0.05, 0.1) is 19.6 Å². The lowest BCUT2D eigenvalue weighted by Gasteiger charge is -2.14. The highest BCUT2D eigenvalue weighted by atomic mass is 32.3. The lowest BCUT2D eigenvalue weighted by molar-refractivity contribution is -0.158. The summed E-state index contributed by atoms with van der Waals surface area (Å²) in [6.45, 7) is 4.76. The Labute approximate surface area is 252 Å². The van der Waals surface area contributed by atoms with E-state index < -0.39 is 34.9 Å². The summed E-state index contributed by atoms with van der Waals surface area (Å²) in [4.78, 5) is 24.5. The quantitative estimate of drug-likeness (QED) is 0.0472. The standard InChI is InChI=1S/C32H62O8S/c1-3-5-7-9-11-13-15-17-19-21-23-25-27-38-31(33)29-30(40-41(35,36)37)32(34)39-28-26-24-22-20-18-16-14-12-10-8-6-4-2/h30H,3-29H2,1-2H3,(H,35,36,37). The Kier molecular flexibility index (Phi) is 28.1. The van der Waals surface area contributed by atoms with Crippen LogP contribution in [0.1, 0.15) is 174 Å². The van der Waals surface area contributed by atoms with Crippen molar-refractivity contribution in [1.29, 1.82) is 0 Å². The number of unbranched alkanes of at least 4 members (excludes halogenated alkanes) is 22. The molecular formula is C32H62O8S. The summed E-state index contributed by atoms with van der Waals surface area (Å²) in [7, 11) is -4.93. The van der Waals surface area contributed by atoms with Crippen LogP contribution >= 0.6 is 0 Å². The summed E-state index contributed by atoms with van der Waals surface area (Å²) in [5, 5.41) is 0. The minimum absolute atomic E-state index is 0.107. The van der Waals surface area contributed by atoms with Gasteiger partial charge in [-0.1, -0.05) is 155 Å². The fourth-order valence-electron chi connectivity index (χ4n) is 4.85. The van der Waals surface area contributed by atoms with Crippen LogP contribution in [-0.2, 0) is 33.6 Å². The molecule has 0 saturated heterocycles. The van der Waals surface area contributed by atoms with Gasteiger partial charge < -0.3 is 9.47 Å². The maximum atomic E-state index is 12.3. The first-order valence-corrected chi connectivity index (χ1v) is 18.1. The Morgan fingerprint density at radius 3 is 1.20 bits per heavy atom. The van der Waals surface area contributed by atoms with Crippen LogP contribution in [0.25, 0.3) is 0 Å². The van der Waals surface area contributed by atoms with E-state index in [2.05, 4.69) is 18.0 Å². The van der Waals surface area contributed by atoms with Gasteiger partial charge in [0.25, 0.3) is 0 Å². The first kappa shape index (κ1) is 39.8. The molecule has 0 amide bonds. The van der Waals surface area contributed by atoms with E-state index in [0.29, 0.717) is 12.8 Å². The van der Waals surface area contributed by atoms with Crippen molar-refractivity contribution in [3.8, 4) is 0 Å². The topological polar surface area (TPSA) is 116 Å². The molecule has 0 bridgehead atoms. The van der Waals surface area contributed by atoms with E-state index in [0.717, 1.165) is 38.5 Å². The van der Waals surface area contributed by atoms with Crippen LogP contribution in [-0.4, -0.2) is 44.2 Å². The van der Waals surface area contributed by atoms with Gasteiger partial charge in [0, 0.05) is 0 Å². The zero-order chi connectivity index (χ0) is 30.4. The first-order chi connectivity index (χ1) is 19.8. The second-order valence-corrected chi connectivity index (χ2v) is 12.4. The smallest absolute Gasteiger partial charge is 0.398 e. The van der Waals surface area contributed by atoms with Crippen LogP contribution in [0.4, 0.5) is 0 Å².